The summed E-state index contributed by atoms with van der Waals surface area (Å²) >= 11 is 0. The highest BCUT2D eigenvalue weighted by Crippen LogP contribution is 2.43. The smallest absolute Gasteiger partial charge is 0.180 e. The maximum absolute atomic E-state index is 3.01. The summed E-state index contributed by atoms with van der Waals surface area (Å²) < 4.78 is 2.49. The van der Waals surface area contributed by atoms with Gasteiger partial charge in [-0.2, -0.15) is 0 Å². The molecule has 2 heteroatoms. The molecular weight excluding hydrogens is 667 g/mol. The Bertz CT molecular complexity index is 2820. The Morgan fingerprint density at radius 1 is 0.370 bits per heavy atom. The molecule has 0 amide bonds. The predicted molar refractivity (Wildman–Crippen MR) is 233 cm³/mol. The fourth-order valence-electron chi connectivity index (χ4n) is 9.45. The molecule has 0 bridgehead atoms. The van der Waals surface area contributed by atoms with Crippen LogP contribution in [0.25, 0.3) is 60.9 Å². The second-order valence-electron chi connectivity index (χ2n) is 15.2. The van der Waals surface area contributed by atoms with Crippen LogP contribution >= 0.6 is 0 Å². The molecule has 1 aromatic heterocycles. The number of fused-ring (bicyclic) bond motifs is 10. The molecule has 2 heterocycles. The Morgan fingerprint density at radius 3 is 1.59 bits per heavy atom. The first kappa shape index (κ1) is 32.4. The van der Waals surface area contributed by atoms with Gasteiger partial charge in [0.05, 0.1) is 11.0 Å². The van der Waals surface area contributed by atoms with Gasteiger partial charge < -0.3 is 4.57 Å². The first-order valence-corrected chi connectivity index (χ1v) is 21.0. The lowest BCUT2D eigenvalue weighted by atomic mass is 9.86. The zero-order chi connectivity index (χ0) is 36.6. The molecule has 0 aliphatic carbocycles. The summed E-state index contributed by atoms with van der Waals surface area (Å²) in [7, 11) is -3.01. The highest BCUT2D eigenvalue weighted by Gasteiger charge is 2.45. The summed E-state index contributed by atoms with van der Waals surface area (Å²) in [6, 6.07) is 67.3. The van der Waals surface area contributed by atoms with Gasteiger partial charge in [0.2, 0.25) is 0 Å². The van der Waals surface area contributed by atoms with Gasteiger partial charge in [-0.1, -0.05) is 156 Å². The van der Waals surface area contributed by atoms with E-state index in [2.05, 4.69) is 208 Å². The molecule has 1 nitrogen and oxygen atoms in total. The molecule has 54 heavy (non-hydrogen) atoms. The average molecular weight is 708 g/mol. The maximum Gasteiger partial charge on any atom is 0.180 e. The highest BCUT2D eigenvalue weighted by atomic mass is 28.3. The number of hydrogen-bond acceptors (Lipinski definition) is 0. The number of aryl methyl sites for hydroxylation is 4. The van der Waals surface area contributed by atoms with Crippen molar-refractivity contribution in [3.63, 3.8) is 0 Å². The minimum Gasteiger partial charge on any atom is -0.309 e. The van der Waals surface area contributed by atoms with Gasteiger partial charge in [0.1, 0.15) is 0 Å². The van der Waals surface area contributed by atoms with Gasteiger partial charge in [-0.15, -0.1) is 0 Å². The number of aromatic nitrogens is 1. The zero-order valence-electron chi connectivity index (χ0n) is 31.2. The number of rotatable bonds is 3. The predicted octanol–water partition coefficient (Wildman–Crippen LogP) is 10.7. The van der Waals surface area contributed by atoms with Gasteiger partial charge in [0.15, 0.2) is 8.07 Å². The number of benzene rings is 8. The lowest BCUT2D eigenvalue weighted by Gasteiger charge is -2.37. The fraction of sp³-hybridized carbons (Fsp3) is 0.0769. The van der Waals surface area contributed by atoms with Gasteiger partial charge >= 0.3 is 0 Å². The Labute approximate surface area is 318 Å². The van der Waals surface area contributed by atoms with Gasteiger partial charge in [-0.3, -0.25) is 0 Å². The van der Waals surface area contributed by atoms with E-state index in [0.717, 1.165) is 0 Å². The molecule has 0 unspecified atom stereocenters. The topological polar surface area (TPSA) is 4.93 Å². The third kappa shape index (κ3) is 4.77. The Hall–Kier alpha value is -6.22. The quantitative estimate of drug-likeness (QED) is 0.161. The molecular formula is C52H41NSi. The summed E-state index contributed by atoms with van der Waals surface area (Å²) in [4.78, 5) is 0. The summed E-state index contributed by atoms with van der Waals surface area (Å²) in [5, 5.41) is 8.17. The van der Waals surface area contributed by atoms with Crippen LogP contribution in [0, 0.1) is 27.7 Å². The van der Waals surface area contributed by atoms with Gasteiger partial charge in [-0.25, -0.2) is 0 Å². The van der Waals surface area contributed by atoms with E-state index in [1.165, 1.54) is 104 Å². The van der Waals surface area contributed by atoms with Crippen molar-refractivity contribution in [1.82, 2.24) is 4.57 Å². The summed E-state index contributed by atoms with van der Waals surface area (Å²) in [5.41, 5.74) is 16.5. The summed E-state index contributed by atoms with van der Waals surface area (Å²) in [6.45, 7) is 8.91. The van der Waals surface area contributed by atoms with E-state index in [1.807, 2.05) is 0 Å². The molecule has 0 saturated heterocycles. The average Bonchev–Trinajstić information content (AvgIpc) is 3.52. The van der Waals surface area contributed by atoms with E-state index in [1.54, 1.807) is 0 Å². The van der Waals surface area contributed by atoms with Crippen molar-refractivity contribution in [2.45, 2.75) is 27.7 Å². The van der Waals surface area contributed by atoms with E-state index in [4.69, 9.17) is 0 Å². The first-order chi connectivity index (χ1) is 26.4. The van der Waals surface area contributed by atoms with E-state index < -0.39 is 8.07 Å². The van der Waals surface area contributed by atoms with Crippen LogP contribution in [-0.2, 0) is 0 Å². The minimum atomic E-state index is -3.01. The SMILES string of the molecule is Cc1ccc2c(c1)-c1ccccc1[Si](c1ccccc1)(c1ccccc1)c1ccc(-n3c4ccc(C)cc4c4cc(C)ccc43)cc1-c1c(C)cccc1-2. The fourth-order valence-corrected chi connectivity index (χ4v) is 14.6. The third-order valence-electron chi connectivity index (χ3n) is 11.8. The minimum absolute atomic E-state index is 1.18. The van der Waals surface area contributed by atoms with Crippen molar-refractivity contribution in [1.29, 1.82) is 0 Å². The Balaban J connectivity index is 1.44. The second-order valence-corrected chi connectivity index (χ2v) is 18.9. The van der Waals surface area contributed by atoms with Crippen LogP contribution in [-0.4, -0.2) is 12.6 Å². The van der Waals surface area contributed by atoms with Crippen LogP contribution < -0.4 is 20.7 Å². The molecule has 0 atom stereocenters. The summed E-state index contributed by atoms with van der Waals surface area (Å²) in [6.07, 6.45) is 0. The molecule has 0 saturated carbocycles. The Kier molecular flexibility index (Phi) is 7.47. The van der Waals surface area contributed by atoms with Crippen molar-refractivity contribution in [3.8, 4) is 39.1 Å². The van der Waals surface area contributed by atoms with Crippen LogP contribution in [0.4, 0.5) is 0 Å². The van der Waals surface area contributed by atoms with Crippen LogP contribution in [0.2, 0.25) is 0 Å². The molecule has 0 radical (unpaired) electrons. The van der Waals surface area contributed by atoms with E-state index in [0.29, 0.717) is 0 Å². The normalized spacial score (nSPS) is 13.0. The third-order valence-corrected chi connectivity index (χ3v) is 16.7. The van der Waals surface area contributed by atoms with E-state index >= 15 is 0 Å². The zero-order valence-corrected chi connectivity index (χ0v) is 32.2. The first-order valence-electron chi connectivity index (χ1n) is 19.0. The van der Waals surface area contributed by atoms with Crippen molar-refractivity contribution in [3.05, 3.63) is 198 Å². The van der Waals surface area contributed by atoms with Crippen LogP contribution in [0.3, 0.4) is 0 Å². The maximum atomic E-state index is 2.52. The van der Waals surface area contributed by atoms with Crippen molar-refractivity contribution < 1.29 is 0 Å². The van der Waals surface area contributed by atoms with Crippen LogP contribution in [0.15, 0.2) is 176 Å². The molecule has 10 rings (SSSR count). The Morgan fingerprint density at radius 2 is 0.926 bits per heavy atom. The summed E-state index contributed by atoms with van der Waals surface area (Å²) in [5.74, 6) is 0. The number of nitrogens with zero attached hydrogens (tertiary/aromatic N) is 1. The van der Waals surface area contributed by atoms with Crippen LogP contribution in [0.5, 0.6) is 0 Å². The largest absolute Gasteiger partial charge is 0.309 e. The molecule has 1 aliphatic rings. The van der Waals surface area contributed by atoms with Crippen molar-refractivity contribution >= 4 is 50.6 Å². The number of hydrogen-bond donors (Lipinski definition) is 0. The van der Waals surface area contributed by atoms with E-state index in [9.17, 15) is 0 Å². The highest BCUT2D eigenvalue weighted by molar-refractivity contribution is 7.21. The molecule has 0 fully saturated rings. The monoisotopic (exact) mass is 707 g/mol. The molecule has 8 aromatic carbocycles. The van der Waals surface area contributed by atoms with Gasteiger partial charge in [0, 0.05) is 16.5 Å². The second kappa shape index (κ2) is 12.4. The molecule has 0 spiro atoms. The lowest BCUT2D eigenvalue weighted by molar-refractivity contribution is 1.18. The molecule has 0 N–H and O–H groups in total. The standard InChI is InChI=1S/C52H41NSi/c1-34-22-26-41-43-20-13-14-37(4)52(43)47-33-38(53-48-27-23-35(2)31-45(48)46-32-36(3)24-28-49(46)53)25-29-51(47)54(39-15-7-5-8-16-39,40-17-9-6-10-18-40)50-21-12-11-19-42(50)44(41)30-34/h5-33H,1-4H3. The van der Waals surface area contributed by atoms with Gasteiger partial charge in [-0.05, 0) is 124 Å². The molecule has 1 aliphatic heterocycles. The molecule has 258 valence electrons. The van der Waals surface area contributed by atoms with Crippen molar-refractivity contribution in [2.75, 3.05) is 0 Å². The molecule has 9 aromatic rings. The van der Waals surface area contributed by atoms with Crippen LogP contribution in [0.1, 0.15) is 22.3 Å². The van der Waals surface area contributed by atoms with E-state index in [-0.39, 0.29) is 0 Å². The van der Waals surface area contributed by atoms with Gasteiger partial charge in [0.25, 0.3) is 0 Å². The van der Waals surface area contributed by atoms with Crippen molar-refractivity contribution in [2.24, 2.45) is 0 Å². The lowest BCUT2D eigenvalue weighted by Crippen LogP contribution is -2.75.